The standard InChI is InChI=1S/C24H30N6O2S/c1-18(23(31)26-20-6-8-21(9-7-20)29-14-4-3-5-15-29)33-24-28-27-22(30(24)16-17-32-2)19-10-12-25-13-11-19/h6-13,18H,3-5,14-17H2,1-2H3,(H,26,31). The number of anilines is 2. The first-order valence-electron chi connectivity index (χ1n) is 11.3. The van der Waals surface area contributed by atoms with Crippen LogP contribution in [0.1, 0.15) is 26.2 Å². The van der Waals surface area contributed by atoms with Crippen molar-refractivity contribution >= 4 is 29.0 Å². The van der Waals surface area contributed by atoms with Crippen LogP contribution in [-0.4, -0.2) is 57.7 Å². The van der Waals surface area contributed by atoms with Crippen molar-refractivity contribution in [2.24, 2.45) is 0 Å². The van der Waals surface area contributed by atoms with Gasteiger partial charge in [-0.1, -0.05) is 11.8 Å². The third-order valence-corrected chi connectivity index (χ3v) is 6.76. The number of benzene rings is 1. The molecule has 3 aromatic rings. The molecular formula is C24H30N6O2S. The van der Waals surface area contributed by atoms with Gasteiger partial charge < -0.3 is 15.0 Å². The minimum absolute atomic E-state index is 0.0718. The number of hydrogen-bond acceptors (Lipinski definition) is 7. The zero-order valence-electron chi connectivity index (χ0n) is 19.1. The third kappa shape index (κ3) is 5.91. The maximum atomic E-state index is 12.9. The average Bonchev–Trinajstić information content (AvgIpc) is 3.26. The van der Waals surface area contributed by atoms with E-state index >= 15 is 0 Å². The van der Waals surface area contributed by atoms with E-state index in [0.29, 0.717) is 18.3 Å². The van der Waals surface area contributed by atoms with Crippen LogP contribution in [0.2, 0.25) is 0 Å². The molecule has 0 aliphatic carbocycles. The fraction of sp³-hybridized carbons (Fsp3) is 0.417. The van der Waals surface area contributed by atoms with Gasteiger partial charge in [-0.3, -0.25) is 14.3 Å². The summed E-state index contributed by atoms with van der Waals surface area (Å²) in [6.07, 6.45) is 7.24. The first kappa shape index (κ1) is 23.3. The van der Waals surface area contributed by atoms with E-state index in [2.05, 4.69) is 37.5 Å². The number of ether oxygens (including phenoxy) is 1. The number of rotatable bonds is 9. The predicted octanol–water partition coefficient (Wildman–Crippen LogP) is 4.10. The van der Waals surface area contributed by atoms with Gasteiger partial charge in [-0.05, 0) is 62.6 Å². The monoisotopic (exact) mass is 466 g/mol. The molecule has 1 aliphatic rings. The summed E-state index contributed by atoms with van der Waals surface area (Å²) in [4.78, 5) is 19.3. The number of piperidine rings is 1. The lowest BCUT2D eigenvalue weighted by Gasteiger charge is -2.28. The Balaban J connectivity index is 1.41. The number of aromatic nitrogens is 4. The largest absolute Gasteiger partial charge is 0.383 e. The molecule has 1 unspecified atom stereocenters. The molecule has 1 aromatic carbocycles. The number of carbonyl (C=O) groups excluding carboxylic acids is 1. The molecule has 8 nitrogen and oxygen atoms in total. The van der Waals surface area contributed by atoms with Crippen molar-refractivity contribution in [3.05, 3.63) is 48.8 Å². The molecule has 3 heterocycles. The van der Waals surface area contributed by atoms with Crippen molar-refractivity contribution in [1.29, 1.82) is 0 Å². The van der Waals surface area contributed by atoms with E-state index in [4.69, 9.17) is 4.74 Å². The Kier molecular flexibility index (Phi) is 7.96. The summed E-state index contributed by atoms with van der Waals surface area (Å²) in [7, 11) is 1.66. The number of pyridine rings is 1. The minimum atomic E-state index is -0.345. The summed E-state index contributed by atoms with van der Waals surface area (Å²) in [5.74, 6) is 0.662. The molecule has 1 aliphatic heterocycles. The van der Waals surface area contributed by atoms with Crippen molar-refractivity contribution < 1.29 is 9.53 Å². The number of hydrogen-bond donors (Lipinski definition) is 1. The van der Waals surface area contributed by atoms with Gasteiger partial charge in [0, 0.05) is 49.5 Å². The zero-order valence-corrected chi connectivity index (χ0v) is 19.9. The van der Waals surface area contributed by atoms with Crippen LogP contribution in [0.25, 0.3) is 11.4 Å². The van der Waals surface area contributed by atoms with E-state index in [1.54, 1.807) is 19.5 Å². The van der Waals surface area contributed by atoms with Gasteiger partial charge in [-0.25, -0.2) is 0 Å². The summed E-state index contributed by atoms with van der Waals surface area (Å²) in [5.41, 5.74) is 2.93. The second kappa shape index (κ2) is 11.3. The van der Waals surface area contributed by atoms with E-state index < -0.39 is 0 Å². The molecule has 9 heteroatoms. The highest BCUT2D eigenvalue weighted by Gasteiger charge is 2.21. The van der Waals surface area contributed by atoms with Crippen LogP contribution in [0.3, 0.4) is 0 Å². The Morgan fingerprint density at radius 1 is 1.09 bits per heavy atom. The van der Waals surface area contributed by atoms with Crippen molar-refractivity contribution in [3.63, 3.8) is 0 Å². The van der Waals surface area contributed by atoms with E-state index in [1.165, 1.54) is 36.7 Å². The SMILES string of the molecule is COCCn1c(SC(C)C(=O)Nc2ccc(N3CCCCC3)cc2)nnc1-c1ccncc1. The van der Waals surface area contributed by atoms with Gasteiger partial charge in [0.15, 0.2) is 11.0 Å². The maximum Gasteiger partial charge on any atom is 0.237 e. The molecule has 0 radical (unpaired) electrons. The molecule has 1 N–H and O–H groups in total. The van der Waals surface area contributed by atoms with Gasteiger partial charge in [0.2, 0.25) is 5.91 Å². The molecule has 0 saturated carbocycles. The summed E-state index contributed by atoms with van der Waals surface area (Å²) in [5, 5.41) is 12.1. The lowest BCUT2D eigenvalue weighted by molar-refractivity contribution is -0.115. The third-order valence-electron chi connectivity index (χ3n) is 5.68. The highest BCUT2D eigenvalue weighted by molar-refractivity contribution is 8.00. The second-order valence-corrected chi connectivity index (χ2v) is 9.34. The number of nitrogens with zero attached hydrogens (tertiary/aromatic N) is 5. The van der Waals surface area contributed by atoms with E-state index in [9.17, 15) is 4.79 Å². The van der Waals surface area contributed by atoms with Crippen LogP contribution >= 0.6 is 11.8 Å². The quantitative estimate of drug-likeness (QED) is 0.475. The van der Waals surface area contributed by atoms with Gasteiger partial charge >= 0.3 is 0 Å². The molecule has 1 amide bonds. The highest BCUT2D eigenvalue weighted by atomic mass is 32.2. The fourth-order valence-electron chi connectivity index (χ4n) is 3.84. The Labute approximate surface area is 198 Å². The van der Waals surface area contributed by atoms with Crippen LogP contribution in [0.5, 0.6) is 0 Å². The summed E-state index contributed by atoms with van der Waals surface area (Å²) in [6.45, 7) is 5.20. The summed E-state index contributed by atoms with van der Waals surface area (Å²) >= 11 is 1.39. The van der Waals surface area contributed by atoms with E-state index in [-0.39, 0.29) is 11.2 Å². The van der Waals surface area contributed by atoms with Crippen molar-refractivity contribution in [2.45, 2.75) is 43.1 Å². The van der Waals surface area contributed by atoms with E-state index in [1.807, 2.05) is 35.8 Å². The fourth-order valence-corrected chi connectivity index (χ4v) is 4.71. The number of thioether (sulfide) groups is 1. The molecule has 0 spiro atoms. The van der Waals surface area contributed by atoms with Crippen LogP contribution < -0.4 is 10.2 Å². The Bertz CT molecular complexity index is 1030. The molecule has 0 bridgehead atoms. The highest BCUT2D eigenvalue weighted by Crippen LogP contribution is 2.28. The normalized spacial score (nSPS) is 14.8. The lowest BCUT2D eigenvalue weighted by Crippen LogP contribution is -2.29. The number of amides is 1. The molecule has 1 atom stereocenters. The topological polar surface area (TPSA) is 85.2 Å². The maximum absolute atomic E-state index is 12.9. The molecule has 33 heavy (non-hydrogen) atoms. The minimum Gasteiger partial charge on any atom is -0.383 e. The van der Waals surface area contributed by atoms with Crippen LogP contribution in [0.15, 0.2) is 53.9 Å². The molecule has 1 saturated heterocycles. The lowest BCUT2D eigenvalue weighted by atomic mass is 10.1. The van der Waals surface area contributed by atoms with Gasteiger partial charge in [0.25, 0.3) is 0 Å². The first-order valence-corrected chi connectivity index (χ1v) is 12.2. The molecule has 2 aromatic heterocycles. The predicted molar refractivity (Wildman–Crippen MR) is 132 cm³/mol. The van der Waals surface area contributed by atoms with Gasteiger partial charge in [0.05, 0.1) is 18.4 Å². The molecule has 4 rings (SSSR count). The Morgan fingerprint density at radius 3 is 2.52 bits per heavy atom. The van der Waals surface area contributed by atoms with Gasteiger partial charge in [0.1, 0.15) is 0 Å². The Hall–Kier alpha value is -2.91. The molecular weight excluding hydrogens is 436 g/mol. The first-order chi connectivity index (χ1) is 16.2. The zero-order chi connectivity index (χ0) is 23.0. The number of nitrogens with one attached hydrogen (secondary N) is 1. The van der Waals surface area contributed by atoms with Crippen LogP contribution in [0, 0.1) is 0 Å². The molecule has 174 valence electrons. The van der Waals surface area contributed by atoms with Gasteiger partial charge in [-0.15, -0.1) is 10.2 Å². The number of carbonyl (C=O) groups is 1. The van der Waals surface area contributed by atoms with Crippen LogP contribution in [-0.2, 0) is 16.1 Å². The van der Waals surface area contributed by atoms with Crippen molar-refractivity contribution in [3.8, 4) is 11.4 Å². The smallest absolute Gasteiger partial charge is 0.237 e. The van der Waals surface area contributed by atoms with Crippen molar-refractivity contribution in [1.82, 2.24) is 19.7 Å². The van der Waals surface area contributed by atoms with Crippen molar-refractivity contribution in [2.75, 3.05) is 37.0 Å². The average molecular weight is 467 g/mol. The number of methoxy groups -OCH3 is 1. The Morgan fingerprint density at radius 2 is 1.82 bits per heavy atom. The molecule has 1 fully saturated rings. The van der Waals surface area contributed by atoms with E-state index in [0.717, 1.165) is 30.2 Å². The second-order valence-electron chi connectivity index (χ2n) is 8.03. The summed E-state index contributed by atoms with van der Waals surface area (Å²) in [6, 6.07) is 11.9. The van der Waals surface area contributed by atoms with Gasteiger partial charge in [-0.2, -0.15) is 0 Å². The summed E-state index contributed by atoms with van der Waals surface area (Å²) < 4.78 is 7.25. The van der Waals surface area contributed by atoms with Crippen LogP contribution in [0.4, 0.5) is 11.4 Å².